The summed E-state index contributed by atoms with van der Waals surface area (Å²) in [6, 6.07) is 7.55. The first kappa shape index (κ1) is 16.1. The van der Waals surface area contributed by atoms with Gasteiger partial charge < -0.3 is 4.74 Å². The summed E-state index contributed by atoms with van der Waals surface area (Å²) in [5.74, 6) is 1.19. The van der Waals surface area contributed by atoms with Crippen LogP contribution in [0.15, 0.2) is 33.9 Å². The zero-order chi connectivity index (χ0) is 16.4. The largest absolute Gasteiger partial charge is 0.487 e. The van der Waals surface area contributed by atoms with Crippen LogP contribution in [0.4, 0.5) is 0 Å². The van der Waals surface area contributed by atoms with Crippen LogP contribution in [0.25, 0.3) is 0 Å². The molecule has 0 unspecified atom stereocenters. The average molecular weight is 302 g/mol. The molecule has 0 aliphatic carbocycles. The maximum atomic E-state index is 11.9. The third-order valence-corrected chi connectivity index (χ3v) is 3.88. The molecule has 5 heteroatoms. The molecule has 0 saturated heterocycles. The first-order valence-corrected chi connectivity index (χ1v) is 7.30. The highest BCUT2D eigenvalue weighted by Gasteiger charge is 2.09. The molecule has 0 saturated carbocycles. The summed E-state index contributed by atoms with van der Waals surface area (Å²) in [6.45, 7) is 6.41. The van der Waals surface area contributed by atoms with Gasteiger partial charge in [0.25, 0.3) is 5.56 Å². The Morgan fingerprint density at radius 1 is 1.09 bits per heavy atom. The highest BCUT2D eigenvalue weighted by molar-refractivity contribution is 5.37. The van der Waals surface area contributed by atoms with E-state index >= 15 is 0 Å². The van der Waals surface area contributed by atoms with E-state index in [0.717, 1.165) is 15.9 Å². The lowest BCUT2D eigenvalue weighted by molar-refractivity contribution is 0.291. The van der Waals surface area contributed by atoms with Crippen LogP contribution >= 0.6 is 0 Å². The number of benzene rings is 1. The third-order valence-electron chi connectivity index (χ3n) is 3.88. The van der Waals surface area contributed by atoms with Gasteiger partial charge >= 0.3 is 5.69 Å². The minimum atomic E-state index is -0.348. The number of nitrogens with zero attached hydrogens (tertiary/aromatic N) is 2. The van der Waals surface area contributed by atoms with Crippen LogP contribution in [0, 0.1) is 6.92 Å². The molecular weight excluding hydrogens is 280 g/mol. The minimum Gasteiger partial charge on any atom is -0.487 e. The van der Waals surface area contributed by atoms with Gasteiger partial charge in [-0.3, -0.25) is 13.9 Å². The average Bonchev–Trinajstić information content (AvgIpc) is 2.48. The molecule has 0 aliphatic heterocycles. The van der Waals surface area contributed by atoms with Crippen LogP contribution in [-0.2, 0) is 20.7 Å². The Hall–Kier alpha value is -2.30. The van der Waals surface area contributed by atoms with Crippen LogP contribution in [0.3, 0.4) is 0 Å². The predicted molar refractivity (Wildman–Crippen MR) is 86.5 cm³/mol. The number of hydrogen-bond donors (Lipinski definition) is 0. The van der Waals surface area contributed by atoms with Gasteiger partial charge in [0, 0.05) is 20.2 Å². The van der Waals surface area contributed by atoms with Crippen LogP contribution in [0.2, 0.25) is 0 Å². The summed E-state index contributed by atoms with van der Waals surface area (Å²) in [5, 5.41) is 0. The zero-order valence-electron chi connectivity index (χ0n) is 13.7. The van der Waals surface area contributed by atoms with Gasteiger partial charge in [0.2, 0.25) is 0 Å². The van der Waals surface area contributed by atoms with Crippen molar-refractivity contribution in [1.82, 2.24) is 9.13 Å². The summed E-state index contributed by atoms with van der Waals surface area (Å²) in [7, 11) is 3.10. The number of ether oxygens (including phenoxy) is 1. The molecule has 1 heterocycles. The molecule has 2 aromatic rings. The quantitative estimate of drug-likeness (QED) is 0.869. The van der Waals surface area contributed by atoms with Gasteiger partial charge in [-0.15, -0.1) is 0 Å². The molecule has 0 bridgehead atoms. The maximum absolute atomic E-state index is 11.9. The van der Waals surface area contributed by atoms with E-state index in [9.17, 15) is 9.59 Å². The fourth-order valence-corrected chi connectivity index (χ4v) is 2.20. The Bertz CT molecular complexity index is 801. The lowest BCUT2D eigenvalue weighted by Crippen LogP contribution is -2.38. The fraction of sp³-hybridized carbons (Fsp3) is 0.412. The second kappa shape index (κ2) is 6.22. The second-order valence-corrected chi connectivity index (χ2v) is 5.84. The van der Waals surface area contributed by atoms with E-state index in [2.05, 4.69) is 19.9 Å². The summed E-state index contributed by atoms with van der Waals surface area (Å²) in [6.07, 6.45) is 0. The summed E-state index contributed by atoms with van der Waals surface area (Å²) >= 11 is 0. The molecular formula is C17H22N2O3. The van der Waals surface area contributed by atoms with Crippen molar-refractivity contribution >= 4 is 0 Å². The molecule has 0 radical (unpaired) electrons. The number of rotatable bonds is 4. The van der Waals surface area contributed by atoms with E-state index in [4.69, 9.17) is 4.74 Å². The smallest absolute Gasteiger partial charge is 0.330 e. The van der Waals surface area contributed by atoms with Crippen molar-refractivity contribution in [2.75, 3.05) is 0 Å². The summed E-state index contributed by atoms with van der Waals surface area (Å²) in [4.78, 5) is 23.6. The van der Waals surface area contributed by atoms with Gasteiger partial charge in [-0.25, -0.2) is 4.79 Å². The van der Waals surface area contributed by atoms with Gasteiger partial charge in [-0.05, 0) is 30.0 Å². The van der Waals surface area contributed by atoms with Gasteiger partial charge in [0.15, 0.2) is 0 Å². The van der Waals surface area contributed by atoms with E-state index in [0.29, 0.717) is 11.6 Å². The van der Waals surface area contributed by atoms with E-state index in [1.807, 2.05) is 19.1 Å². The lowest BCUT2D eigenvalue weighted by Gasteiger charge is -2.14. The first-order chi connectivity index (χ1) is 10.3. The van der Waals surface area contributed by atoms with Crippen molar-refractivity contribution in [3.63, 3.8) is 0 Å². The third kappa shape index (κ3) is 3.13. The molecule has 0 amide bonds. The second-order valence-electron chi connectivity index (χ2n) is 5.84. The lowest BCUT2D eigenvalue weighted by atomic mass is 10.0. The topological polar surface area (TPSA) is 53.2 Å². The standard InChI is InChI=1S/C17H22N2O3/c1-11(2)13-7-6-12(3)15(8-13)22-10-14-9-16(20)19(5)17(21)18(14)4/h6-9,11H,10H2,1-5H3. The van der Waals surface area contributed by atoms with Gasteiger partial charge in [0.1, 0.15) is 12.4 Å². The molecule has 0 atom stereocenters. The minimum absolute atomic E-state index is 0.185. The molecule has 1 aromatic heterocycles. The Balaban J connectivity index is 2.30. The highest BCUT2D eigenvalue weighted by Crippen LogP contribution is 2.24. The number of aromatic nitrogens is 2. The molecule has 0 fully saturated rings. The van der Waals surface area contributed by atoms with Crippen molar-refractivity contribution in [3.8, 4) is 5.75 Å². The normalized spacial score (nSPS) is 11.0. The van der Waals surface area contributed by atoms with Gasteiger partial charge in [0.05, 0.1) is 5.69 Å². The number of hydrogen-bond acceptors (Lipinski definition) is 3. The summed E-state index contributed by atoms with van der Waals surface area (Å²) in [5.41, 5.74) is 2.10. The van der Waals surface area contributed by atoms with Crippen molar-refractivity contribution in [2.45, 2.75) is 33.3 Å². The molecule has 0 N–H and O–H groups in total. The van der Waals surface area contributed by atoms with E-state index in [-0.39, 0.29) is 17.9 Å². The van der Waals surface area contributed by atoms with Crippen LogP contribution in [0.1, 0.15) is 36.6 Å². The predicted octanol–water partition coefficient (Wildman–Crippen LogP) is 2.09. The number of aryl methyl sites for hydroxylation is 1. The van der Waals surface area contributed by atoms with E-state index < -0.39 is 0 Å². The van der Waals surface area contributed by atoms with E-state index in [1.165, 1.54) is 23.2 Å². The Labute approximate surface area is 129 Å². The highest BCUT2D eigenvalue weighted by atomic mass is 16.5. The van der Waals surface area contributed by atoms with Crippen LogP contribution in [-0.4, -0.2) is 9.13 Å². The molecule has 0 aliphatic rings. The zero-order valence-corrected chi connectivity index (χ0v) is 13.7. The maximum Gasteiger partial charge on any atom is 0.330 e. The van der Waals surface area contributed by atoms with Crippen molar-refractivity contribution < 1.29 is 4.74 Å². The molecule has 22 heavy (non-hydrogen) atoms. The van der Waals surface area contributed by atoms with Crippen LogP contribution in [0.5, 0.6) is 5.75 Å². The summed E-state index contributed by atoms with van der Waals surface area (Å²) < 4.78 is 8.35. The Morgan fingerprint density at radius 3 is 2.41 bits per heavy atom. The fourth-order valence-electron chi connectivity index (χ4n) is 2.20. The van der Waals surface area contributed by atoms with Crippen LogP contribution < -0.4 is 16.0 Å². The Kier molecular flexibility index (Phi) is 4.54. The van der Waals surface area contributed by atoms with Gasteiger partial charge in [-0.2, -0.15) is 0 Å². The van der Waals surface area contributed by atoms with Crippen molar-refractivity contribution in [3.05, 3.63) is 61.9 Å². The molecule has 5 nitrogen and oxygen atoms in total. The first-order valence-electron chi connectivity index (χ1n) is 7.30. The van der Waals surface area contributed by atoms with E-state index in [1.54, 1.807) is 7.05 Å². The molecule has 118 valence electrons. The monoisotopic (exact) mass is 302 g/mol. The van der Waals surface area contributed by atoms with Crippen molar-refractivity contribution in [2.24, 2.45) is 14.1 Å². The Morgan fingerprint density at radius 2 is 1.77 bits per heavy atom. The molecule has 1 aromatic carbocycles. The molecule has 0 spiro atoms. The molecule has 2 rings (SSSR count). The van der Waals surface area contributed by atoms with Crippen molar-refractivity contribution in [1.29, 1.82) is 0 Å². The van der Waals surface area contributed by atoms with Gasteiger partial charge in [-0.1, -0.05) is 26.0 Å². The SMILES string of the molecule is Cc1ccc(C(C)C)cc1OCc1cc(=O)n(C)c(=O)n1C.